The summed E-state index contributed by atoms with van der Waals surface area (Å²) in [5.41, 5.74) is 9.70. The van der Waals surface area contributed by atoms with Crippen molar-refractivity contribution in [1.82, 2.24) is 4.90 Å². The second-order valence-corrected chi connectivity index (χ2v) is 4.76. The van der Waals surface area contributed by atoms with Crippen LogP contribution in [0.25, 0.3) is 0 Å². The maximum Gasteiger partial charge on any atom is 0.0233 e. The molecule has 0 saturated heterocycles. The fourth-order valence-electron chi connectivity index (χ4n) is 1.81. The SMILES string of the molecule is Cc1ccc(CN(C)C(C)CCN)cc1C. The maximum atomic E-state index is 5.58. The molecule has 0 aliphatic rings. The van der Waals surface area contributed by atoms with Gasteiger partial charge in [-0.3, -0.25) is 4.90 Å². The Morgan fingerprint density at radius 3 is 2.50 bits per heavy atom. The Morgan fingerprint density at radius 1 is 1.25 bits per heavy atom. The number of rotatable bonds is 5. The summed E-state index contributed by atoms with van der Waals surface area (Å²) < 4.78 is 0. The number of hydrogen-bond acceptors (Lipinski definition) is 2. The summed E-state index contributed by atoms with van der Waals surface area (Å²) in [6.45, 7) is 8.32. The Labute approximate surface area is 99.5 Å². The molecule has 2 heteroatoms. The van der Waals surface area contributed by atoms with Crippen molar-refractivity contribution in [3.63, 3.8) is 0 Å². The Kier molecular flexibility index (Phi) is 4.97. The summed E-state index contributed by atoms with van der Waals surface area (Å²) in [5.74, 6) is 0. The quantitative estimate of drug-likeness (QED) is 0.826. The van der Waals surface area contributed by atoms with Gasteiger partial charge in [0.2, 0.25) is 0 Å². The number of aryl methyl sites for hydroxylation is 2. The highest BCUT2D eigenvalue weighted by atomic mass is 15.1. The molecule has 0 radical (unpaired) electrons. The molecule has 2 N–H and O–H groups in total. The largest absolute Gasteiger partial charge is 0.330 e. The number of benzene rings is 1. The molecule has 0 aliphatic carbocycles. The van der Waals surface area contributed by atoms with Gasteiger partial charge >= 0.3 is 0 Å². The van der Waals surface area contributed by atoms with Crippen LogP contribution in [0.2, 0.25) is 0 Å². The summed E-state index contributed by atoms with van der Waals surface area (Å²) in [4.78, 5) is 2.36. The van der Waals surface area contributed by atoms with Crippen LogP contribution < -0.4 is 5.73 Å². The van der Waals surface area contributed by atoms with Crippen LogP contribution in [-0.2, 0) is 6.54 Å². The molecule has 90 valence electrons. The molecule has 0 aromatic heterocycles. The smallest absolute Gasteiger partial charge is 0.0233 e. The molecule has 0 aliphatic heterocycles. The first kappa shape index (κ1) is 13.2. The highest BCUT2D eigenvalue weighted by molar-refractivity contribution is 5.29. The first-order valence-electron chi connectivity index (χ1n) is 6.01. The molecule has 1 rings (SSSR count). The Balaban J connectivity index is 2.62. The van der Waals surface area contributed by atoms with Crippen LogP contribution in [0.5, 0.6) is 0 Å². The van der Waals surface area contributed by atoms with E-state index in [0.29, 0.717) is 6.04 Å². The van der Waals surface area contributed by atoms with Gasteiger partial charge in [-0.1, -0.05) is 18.2 Å². The van der Waals surface area contributed by atoms with Crippen LogP contribution in [-0.4, -0.2) is 24.5 Å². The number of nitrogens with two attached hydrogens (primary N) is 1. The van der Waals surface area contributed by atoms with E-state index in [4.69, 9.17) is 5.73 Å². The summed E-state index contributed by atoms with van der Waals surface area (Å²) in [5, 5.41) is 0. The first-order chi connectivity index (χ1) is 7.54. The standard InChI is InChI=1S/C14H24N2/c1-11-5-6-14(9-12(11)2)10-16(4)13(3)7-8-15/h5-6,9,13H,7-8,10,15H2,1-4H3. The number of nitrogens with zero attached hydrogens (tertiary/aromatic N) is 1. The van der Waals surface area contributed by atoms with E-state index in [9.17, 15) is 0 Å². The lowest BCUT2D eigenvalue weighted by Gasteiger charge is -2.24. The van der Waals surface area contributed by atoms with Crippen LogP contribution in [0.15, 0.2) is 18.2 Å². The minimum absolute atomic E-state index is 0.548. The molecule has 2 nitrogen and oxygen atoms in total. The lowest BCUT2D eigenvalue weighted by molar-refractivity contribution is 0.240. The molecule has 0 heterocycles. The van der Waals surface area contributed by atoms with Gasteiger partial charge in [-0.05, 0) is 57.5 Å². The van der Waals surface area contributed by atoms with Crippen LogP contribution in [0.3, 0.4) is 0 Å². The average Bonchev–Trinajstić information content (AvgIpc) is 2.24. The Bertz CT molecular complexity index is 334. The van der Waals surface area contributed by atoms with Crippen molar-refractivity contribution in [2.75, 3.05) is 13.6 Å². The number of hydrogen-bond donors (Lipinski definition) is 1. The monoisotopic (exact) mass is 220 g/mol. The molecule has 1 aromatic rings. The predicted octanol–water partition coefficient (Wildman–Crippen LogP) is 2.47. The molecular formula is C14H24N2. The van der Waals surface area contributed by atoms with Gasteiger partial charge in [0.25, 0.3) is 0 Å². The maximum absolute atomic E-state index is 5.58. The van der Waals surface area contributed by atoms with Gasteiger partial charge in [0.05, 0.1) is 0 Å². The minimum atomic E-state index is 0.548. The van der Waals surface area contributed by atoms with Crippen LogP contribution >= 0.6 is 0 Å². The lowest BCUT2D eigenvalue weighted by atomic mass is 10.1. The third-order valence-corrected chi connectivity index (χ3v) is 3.34. The third kappa shape index (κ3) is 3.62. The molecule has 0 spiro atoms. The molecule has 1 aromatic carbocycles. The average molecular weight is 220 g/mol. The van der Waals surface area contributed by atoms with Gasteiger partial charge in [0.15, 0.2) is 0 Å². The fraction of sp³-hybridized carbons (Fsp3) is 0.571. The molecule has 0 saturated carbocycles. The van der Waals surface area contributed by atoms with E-state index in [1.165, 1.54) is 16.7 Å². The third-order valence-electron chi connectivity index (χ3n) is 3.34. The van der Waals surface area contributed by atoms with Crippen LogP contribution in [0, 0.1) is 13.8 Å². The van der Waals surface area contributed by atoms with Gasteiger partial charge in [0.1, 0.15) is 0 Å². The van der Waals surface area contributed by atoms with E-state index in [1.807, 2.05) is 0 Å². The highest BCUT2D eigenvalue weighted by Crippen LogP contribution is 2.13. The van der Waals surface area contributed by atoms with E-state index in [1.54, 1.807) is 0 Å². The van der Waals surface area contributed by atoms with Crippen molar-refractivity contribution in [2.24, 2.45) is 5.73 Å². The highest BCUT2D eigenvalue weighted by Gasteiger charge is 2.08. The fourth-order valence-corrected chi connectivity index (χ4v) is 1.81. The second kappa shape index (κ2) is 6.02. The lowest BCUT2D eigenvalue weighted by Crippen LogP contribution is -2.30. The topological polar surface area (TPSA) is 29.3 Å². The zero-order chi connectivity index (χ0) is 12.1. The summed E-state index contributed by atoms with van der Waals surface area (Å²) in [7, 11) is 2.16. The molecule has 1 atom stereocenters. The van der Waals surface area contributed by atoms with E-state index < -0.39 is 0 Å². The minimum Gasteiger partial charge on any atom is -0.330 e. The van der Waals surface area contributed by atoms with Crippen molar-refractivity contribution < 1.29 is 0 Å². The predicted molar refractivity (Wildman–Crippen MR) is 70.5 cm³/mol. The second-order valence-electron chi connectivity index (χ2n) is 4.76. The van der Waals surface area contributed by atoms with Crippen LogP contribution in [0.1, 0.15) is 30.0 Å². The molecule has 0 fully saturated rings. The van der Waals surface area contributed by atoms with Gasteiger partial charge in [-0.25, -0.2) is 0 Å². The van der Waals surface area contributed by atoms with Crippen molar-refractivity contribution in [3.05, 3.63) is 34.9 Å². The van der Waals surface area contributed by atoms with Gasteiger partial charge in [-0.2, -0.15) is 0 Å². The van der Waals surface area contributed by atoms with Crippen LogP contribution in [0.4, 0.5) is 0 Å². The summed E-state index contributed by atoms with van der Waals surface area (Å²) in [6, 6.07) is 7.24. The van der Waals surface area contributed by atoms with Gasteiger partial charge in [-0.15, -0.1) is 0 Å². The molecular weight excluding hydrogens is 196 g/mol. The van der Waals surface area contributed by atoms with Crippen molar-refractivity contribution >= 4 is 0 Å². The molecule has 0 amide bonds. The Morgan fingerprint density at radius 2 is 1.94 bits per heavy atom. The van der Waals surface area contributed by atoms with Crippen molar-refractivity contribution in [1.29, 1.82) is 0 Å². The van der Waals surface area contributed by atoms with Gasteiger partial charge < -0.3 is 5.73 Å². The Hall–Kier alpha value is -0.860. The van der Waals surface area contributed by atoms with E-state index in [2.05, 4.69) is 50.9 Å². The van der Waals surface area contributed by atoms with Crippen molar-refractivity contribution in [3.8, 4) is 0 Å². The molecule has 1 unspecified atom stereocenters. The van der Waals surface area contributed by atoms with E-state index in [0.717, 1.165) is 19.5 Å². The van der Waals surface area contributed by atoms with Crippen molar-refractivity contribution in [2.45, 2.75) is 39.8 Å². The molecule has 0 bridgehead atoms. The summed E-state index contributed by atoms with van der Waals surface area (Å²) in [6.07, 6.45) is 1.06. The first-order valence-corrected chi connectivity index (χ1v) is 6.01. The zero-order valence-corrected chi connectivity index (χ0v) is 11.0. The van der Waals surface area contributed by atoms with Gasteiger partial charge in [0, 0.05) is 12.6 Å². The van der Waals surface area contributed by atoms with E-state index >= 15 is 0 Å². The molecule has 16 heavy (non-hydrogen) atoms. The van der Waals surface area contributed by atoms with E-state index in [-0.39, 0.29) is 0 Å². The summed E-state index contributed by atoms with van der Waals surface area (Å²) >= 11 is 0. The normalized spacial score (nSPS) is 13.1. The zero-order valence-electron chi connectivity index (χ0n) is 11.0.